The second-order valence-electron chi connectivity index (χ2n) is 5.66. The number of hydrogen-bond donors (Lipinski definition) is 1. The molecule has 2 aromatic rings. The van der Waals surface area contributed by atoms with Gasteiger partial charge in [-0.15, -0.1) is 0 Å². The summed E-state index contributed by atoms with van der Waals surface area (Å²) in [5, 5.41) is 0. The summed E-state index contributed by atoms with van der Waals surface area (Å²) in [4.78, 5) is 0.286. The molecular weight excluding hydrogens is 376 g/mol. The molecule has 0 saturated carbocycles. The molecule has 0 spiro atoms. The van der Waals surface area contributed by atoms with E-state index < -0.39 is 20.0 Å². The van der Waals surface area contributed by atoms with Gasteiger partial charge in [-0.1, -0.05) is 12.1 Å². The lowest BCUT2D eigenvalue weighted by molar-refractivity contribution is 0.340. The molecule has 0 radical (unpaired) electrons. The van der Waals surface area contributed by atoms with Gasteiger partial charge in [0.2, 0.25) is 20.0 Å². The smallest absolute Gasteiger partial charge is 0.242 e. The van der Waals surface area contributed by atoms with Gasteiger partial charge in [-0.25, -0.2) is 25.9 Å². The maximum Gasteiger partial charge on any atom is 0.242 e. The van der Waals surface area contributed by atoms with Crippen LogP contribution in [0.3, 0.4) is 0 Å². The topological polar surface area (TPSA) is 92.8 Å². The molecule has 0 heterocycles. The average molecular weight is 399 g/mol. The molecule has 0 fully saturated rings. The normalized spacial score (nSPS) is 12.3. The molecule has 2 aromatic carbocycles. The Hall–Kier alpha value is -1.94. The van der Waals surface area contributed by atoms with E-state index in [0.29, 0.717) is 17.9 Å². The summed E-state index contributed by atoms with van der Waals surface area (Å²) in [6.07, 6.45) is 0. The molecule has 0 aliphatic rings. The van der Waals surface area contributed by atoms with Crippen LogP contribution in [0.4, 0.5) is 0 Å². The lowest BCUT2D eigenvalue weighted by Gasteiger charge is -2.12. The number of nitrogens with one attached hydrogen (secondary N) is 1. The monoisotopic (exact) mass is 398 g/mol. The number of hydrogen-bond acceptors (Lipinski definition) is 5. The fraction of sp³-hybridized carbons (Fsp3) is 0.294. The number of sulfonamides is 2. The van der Waals surface area contributed by atoms with Crippen LogP contribution in [0.25, 0.3) is 0 Å². The van der Waals surface area contributed by atoms with Crippen molar-refractivity contribution in [2.45, 2.75) is 23.3 Å². The molecule has 0 aliphatic carbocycles. The van der Waals surface area contributed by atoms with Crippen molar-refractivity contribution in [1.29, 1.82) is 0 Å². The molecule has 0 atom stereocenters. The van der Waals surface area contributed by atoms with Crippen LogP contribution in [0.5, 0.6) is 5.75 Å². The van der Waals surface area contributed by atoms with Gasteiger partial charge in [0.1, 0.15) is 5.75 Å². The van der Waals surface area contributed by atoms with Crippen LogP contribution in [0.1, 0.15) is 12.5 Å². The van der Waals surface area contributed by atoms with E-state index in [4.69, 9.17) is 4.74 Å². The molecule has 2 rings (SSSR count). The summed E-state index contributed by atoms with van der Waals surface area (Å²) in [5.74, 6) is 0.601. The summed E-state index contributed by atoms with van der Waals surface area (Å²) in [7, 11) is -4.28. The van der Waals surface area contributed by atoms with Crippen LogP contribution in [0.2, 0.25) is 0 Å². The van der Waals surface area contributed by atoms with Crippen molar-refractivity contribution in [3.63, 3.8) is 0 Å². The Morgan fingerprint density at radius 3 is 1.92 bits per heavy atom. The largest absolute Gasteiger partial charge is 0.494 e. The van der Waals surface area contributed by atoms with Crippen molar-refractivity contribution < 1.29 is 21.6 Å². The van der Waals surface area contributed by atoms with Gasteiger partial charge >= 0.3 is 0 Å². The van der Waals surface area contributed by atoms with E-state index >= 15 is 0 Å². The van der Waals surface area contributed by atoms with Crippen LogP contribution in [-0.2, 0) is 26.6 Å². The first-order valence-corrected chi connectivity index (χ1v) is 10.8. The third-order valence-electron chi connectivity index (χ3n) is 3.61. The predicted octanol–water partition coefficient (Wildman–Crippen LogP) is 1.81. The Bertz CT molecular complexity index is 936. The molecule has 0 bridgehead atoms. The van der Waals surface area contributed by atoms with E-state index in [0.717, 1.165) is 4.31 Å². The number of ether oxygens (including phenoxy) is 1. The van der Waals surface area contributed by atoms with E-state index in [2.05, 4.69) is 4.72 Å². The Kier molecular flexibility index (Phi) is 6.40. The molecule has 0 aliphatic heterocycles. The highest BCUT2D eigenvalue weighted by Crippen LogP contribution is 2.17. The minimum Gasteiger partial charge on any atom is -0.494 e. The third-order valence-corrected chi connectivity index (χ3v) is 6.86. The van der Waals surface area contributed by atoms with Crippen molar-refractivity contribution in [2.75, 3.05) is 20.7 Å². The van der Waals surface area contributed by atoms with Gasteiger partial charge in [-0.3, -0.25) is 0 Å². The van der Waals surface area contributed by atoms with Crippen LogP contribution in [0, 0.1) is 0 Å². The lowest BCUT2D eigenvalue weighted by Crippen LogP contribution is -2.24. The lowest BCUT2D eigenvalue weighted by atomic mass is 10.2. The zero-order chi connectivity index (χ0) is 19.4. The summed E-state index contributed by atoms with van der Waals surface area (Å²) in [6, 6.07) is 12.2. The molecule has 1 N–H and O–H groups in total. The highest BCUT2D eigenvalue weighted by Gasteiger charge is 2.17. The first kappa shape index (κ1) is 20.4. The van der Waals surface area contributed by atoms with Gasteiger partial charge in [-0.2, -0.15) is 0 Å². The zero-order valence-electron chi connectivity index (χ0n) is 14.8. The van der Waals surface area contributed by atoms with Crippen molar-refractivity contribution >= 4 is 20.0 Å². The van der Waals surface area contributed by atoms with Crippen molar-refractivity contribution in [2.24, 2.45) is 0 Å². The van der Waals surface area contributed by atoms with Crippen LogP contribution in [0.15, 0.2) is 58.3 Å². The van der Waals surface area contributed by atoms with Crippen molar-refractivity contribution in [1.82, 2.24) is 9.03 Å². The van der Waals surface area contributed by atoms with Gasteiger partial charge in [0.15, 0.2) is 0 Å². The van der Waals surface area contributed by atoms with Gasteiger partial charge in [-0.05, 0) is 48.9 Å². The molecule has 0 aromatic heterocycles. The summed E-state index contributed by atoms with van der Waals surface area (Å²) >= 11 is 0. The molecular formula is C17H22N2O5S2. The first-order chi connectivity index (χ1) is 12.2. The summed E-state index contributed by atoms with van der Waals surface area (Å²) in [6.45, 7) is 2.41. The second kappa shape index (κ2) is 8.17. The van der Waals surface area contributed by atoms with Gasteiger partial charge in [0.05, 0.1) is 16.4 Å². The Balaban J connectivity index is 2.07. The average Bonchev–Trinajstić information content (AvgIpc) is 2.61. The minimum atomic E-state index is -3.67. The molecule has 0 saturated heterocycles. The zero-order valence-corrected chi connectivity index (χ0v) is 16.5. The third kappa shape index (κ3) is 4.82. The molecule has 0 amide bonds. The minimum absolute atomic E-state index is 0.0534. The standard InChI is InChI=1S/C17H22N2O5S2/c1-4-24-15-7-11-16(12-8-15)25(20,21)18-13-14-5-9-17(10-6-14)26(22,23)19(2)3/h5-12,18H,4,13H2,1-3H3. The molecule has 7 nitrogen and oxygen atoms in total. The van der Waals surface area contributed by atoms with E-state index in [1.54, 1.807) is 24.3 Å². The SMILES string of the molecule is CCOc1ccc(S(=O)(=O)NCc2ccc(S(=O)(=O)N(C)C)cc2)cc1. The van der Waals surface area contributed by atoms with Crippen LogP contribution in [-0.4, -0.2) is 41.8 Å². The van der Waals surface area contributed by atoms with E-state index in [9.17, 15) is 16.8 Å². The highest BCUT2D eigenvalue weighted by atomic mass is 32.2. The number of benzene rings is 2. The van der Waals surface area contributed by atoms with Gasteiger partial charge in [0, 0.05) is 20.6 Å². The maximum absolute atomic E-state index is 12.3. The van der Waals surface area contributed by atoms with E-state index in [1.807, 2.05) is 6.92 Å². The molecule has 142 valence electrons. The molecule has 9 heteroatoms. The quantitative estimate of drug-likeness (QED) is 0.732. The van der Waals surface area contributed by atoms with Gasteiger partial charge < -0.3 is 4.74 Å². The Morgan fingerprint density at radius 1 is 0.885 bits per heavy atom. The predicted molar refractivity (Wildman–Crippen MR) is 99.0 cm³/mol. The number of rotatable bonds is 8. The highest BCUT2D eigenvalue weighted by molar-refractivity contribution is 7.89. The molecule has 26 heavy (non-hydrogen) atoms. The number of nitrogens with zero attached hydrogens (tertiary/aromatic N) is 1. The van der Waals surface area contributed by atoms with Crippen molar-refractivity contribution in [3.05, 3.63) is 54.1 Å². The fourth-order valence-corrected chi connectivity index (χ4v) is 4.05. The Morgan fingerprint density at radius 2 is 1.42 bits per heavy atom. The summed E-state index contributed by atoms with van der Waals surface area (Å²) < 4.78 is 57.6. The first-order valence-electron chi connectivity index (χ1n) is 7.91. The van der Waals surface area contributed by atoms with Crippen molar-refractivity contribution in [3.8, 4) is 5.75 Å². The maximum atomic E-state index is 12.3. The fourth-order valence-electron chi connectivity index (χ4n) is 2.13. The molecule has 0 unspecified atom stereocenters. The van der Waals surface area contributed by atoms with Crippen LogP contribution < -0.4 is 9.46 Å². The van der Waals surface area contributed by atoms with Crippen LogP contribution >= 0.6 is 0 Å². The Labute approximate surface area is 154 Å². The van der Waals surface area contributed by atoms with E-state index in [1.165, 1.54) is 38.4 Å². The second-order valence-corrected chi connectivity index (χ2v) is 9.58. The summed E-state index contributed by atoms with van der Waals surface area (Å²) in [5.41, 5.74) is 0.650. The van der Waals surface area contributed by atoms with Gasteiger partial charge in [0.25, 0.3) is 0 Å². The van der Waals surface area contributed by atoms with E-state index in [-0.39, 0.29) is 16.3 Å².